The average Bonchev–Trinajstić information content (AvgIpc) is 2.44. The van der Waals surface area contributed by atoms with Gasteiger partial charge in [-0.15, -0.1) is 12.4 Å². The van der Waals surface area contributed by atoms with E-state index in [-0.39, 0.29) is 24.9 Å². The lowest BCUT2D eigenvalue weighted by Gasteiger charge is -2.12. The Hall–Kier alpha value is -1.30. The van der Waals surface area contributed by atoms with Gasteiger partial charge in [-0.3, -0.25) is 4.79 Å². The maximum absolute atomic E-state index is 11.5. The van der Waals surface area contributed by atoms with E-state index < -0.39 is 6.04 Å². The van der Waals surface area contributed by atoms with Gasteiger partial charge in [0.15, 0.2) is 0 Å². The summed E-state index contributed by atoms with van der Waals surface area (Å²) in [5.74, 6) is 1.07. The molecule has 1 aromatic rings. The van der Waals surface area contributed by atoms with E-state index in [2.05, 4.69) is 19.2 Å². The Bertz CT molecular complexity index is 410. The third-order valence-corrected chi connectivity index (χ3v) is 2.90. The Morgan fingerprint density at radius 2 is 1.90 bits per heavy atom. The zero-order chi connectivity index (χ0) is 15.0. The van der Waals surface area contributed by atoms with Gasteiger partial charge >= 0.3 is 0 Å². The minimum absolute atomic E-state index is 0. The van der Waals surface area contributed by atoms with E-state index >= 15 is 0 Å². The predicted octanol–water partition coefficient (Wildman–Crippen LogP) is 1.70. The summed E-state index contributed by atoms with van der Waals surface area (Å²) in [6, 6.07) is 7.34. The molecule has 1 rings (SSSR count). The number of ether oxygens (including phenoxy) is 2. The van der Waals surface area contributed by atoms with E-state index in [0.29, 0.717) is 19.1 Å². The van der Waals surface area contributed by atoms with E-state index in [1.807, 2.05) is 24.3 Å². The Morgan fingerprint density at radius 3 is 2.43 bits per heavy atom. The monoisotopic (exact) mass is 316 g/mol. The number of rotatable bonds is 8. The molecular formula is C15H25ClN2O3. The smallest absolute Gasteiger partial charge is 0.239 e. The van der Waals surface area contributed by atoms with E-state index in [1.54, 1.807) is 0 Å². The fourth-order valence-electron chi connectivity index (χ4n) is 1.68. The first-order valence-corrected chi connectivity index (χ1v) is 6.79. The zero-order valence-corrected chi connectivity index (χ0v) is 13.6. The number of halogens is 1. The highest BCUT2D eigenvalue weighted by Crippen LogP contribution is 2.18. The van der Waals surface area contributed by atoms with Crippen LogP contribution in [0.15, 0.2) is 24.3 Å². The normalized spacial score (nSPS) is 11.7. The van der Waals surface area contributed by atoms with Crippen LogP contribution in [0.3, 0.4) is 0 Å². The number of benzene rings is 1. The summed E-state index contributed by atoms with van der Waals surface area (Å²) in [7, 11) is 1.51. The summed E-state index contributed by atoms with van der Waals surface area (Å²) < 4.78 is 10.4. The molecule has 0 aromatic heterocycles. The summed E-state index contributed by atoms with van der Waals surface area (Å²) in [5.41, 5.74) is 6.86. The Balaban J connectivity index is 0.00000400. The maximum atomic E-state index is 11.5. The van der Waals surface area contributed by atoms with Gasteiger partial charge in [-0.2, -0.15) is 0 Å². The van der Waals surface area contributed by atoms with Crippen LogP contribution in [0.5, 0.6) is 5.75 Å². The molecule has 0 fully saturated rings. The summed E-state index contributed by atoms with van der Waals surface area (Å²) in [5, 5.41) is 2.70. The van der Waals surface area contributed by atoms with Crippen LogP contribution in [0, 0.1) is 0 Å². The minimum atomic E-state index is -0.634. The second-order valence-electron chi connectivity index (χ2n) is 4.93. The van der Waals surface area contributed by atoms with Crippen LogP contribution >= 0.6 is 12.4 Å². The maximum Gasteiger partial charge on any atom is 0.239 e. The Labute approximate surface area is 132 Å². The summed E-state index contributed by atoms with van der Waals surface area (Å²) in [4.78, 5) is 11.5. The molecule has 6 heteroatoms. The van der Waals surface area contributed by atoms with Crippen molar-refractivity contribution in [2.75, 3.05) is 26.9 Å². The second kappa shape index (κ2) is 10.4. The molecule has 1 aromatic carbocycles. The van der Waals surface area contributed by atoms with Crippen LogP contribution in [0.4, 0.5) is 0 Å². The first-order chi connectivity index (χ1) is 9.54. The highest BCUT2D eigenvalue weighted by atomic mass is 35.5. The first kappa shape index (κ1) is 19.7. The van der Waals surface area contributed by atoms with Gasteiger partial charge in [0.05, 0.1) is 13.2 Å². The highest BCUT2D eigenvalue weighted by molar-refractivity contribution is 5.85. The standard InChI is InChI=1S/C15H24N2O3.ClH/c1-11(2)12-4-6-13(7-5-12)20-9-8-17-15(18)14(16)10-19-3;/h4-7,11,14H,8-10,16H2,1-3H3,(H,17,18);1H. The summed E-state index contributed by atoms with van der Waals surface area (Å²) in [6.07, 6.45) is 0. The first-order valence-electron chi connectivity index (χ1n) is 6.79. The van der Waals surface area contributed by atoms with Crippen molar-refractivity contribution >= 4 is 18.3 Å². The molecule has 3 N–H and O–H groups in total. The molecule has 5 nitrogen and oxygen atoms in total. The van der Waals surface area contributed by atoms with Crippen molar-refractivity contribution in [3.8, 4) is 5.75 Å². The molecule has 0 saturated carbocycles. The number of nitrogens with one attached hydrogen (secondary N) is 1. The van der Waals surface area contributed by atoms with E-state index in [4.69, 9.17) is 15.2 Å². The van der Waals surface area contributed by atoms with E-state index in [0.717, 1.165) is 5.75 Å². The third-order valence-electron chi connectivity index (χ3n) is 2.90. The molecule has 0 saturated heterocycles. The van der Waals surface area contributed by atoms with Crippen LogP contribution in [0.25, 0.3) is 0 Å². The average molecular weight is 317 g/mol. The van der Waals surface area contributed by atoms with Crippen molar-refractivity contribution < 1.29 is 14.3 Å². The van der Waals surface area contributed by atoms with Crippen LogP contribution in [-0.2, 0) is 9.53 Å². The van der Waals surface area contributed by atoms with Crippen molar-refractivity contribution in [2.24, 2.45) is 5.73 Å². The van der Waals surface area contributed by atoms with Gasteiger partial charge in [0, 0.05) is 7.11 Å². The zero-order valence-electron chi connectivity index (χ0n) is 12.8. The minimum Gasteiger partial charge on any atom is -0.492 e. The Kier molecular flexibility index (Phi) is 9.78. The number of hydrogen-bond donors (Lipinski definition) is 2. The fraction of sp³-hybridized carbons (Fsp3) is 0.533. The molecule has 0 radical (unpaired) electrons. The molecular weight excluding hydrogens is 292 g/mol. The van der Waals surface area contributed by atoms with Crippen molar-refractivity contribution in [1.82, 2.24) is 5.32 Å². The predicted molar refractivity (Wildman–Crippen MR) is 86.1 cm³/mol. The molecule has 0 aliphatic carbocycles. The second-order valence-corrected chi connectivity index (χ2v) is 4.93. The van der Waals surface area contributed by atoms with Gasteiger partial charge in [0.1, 0.15) is 18.4 Å². The van der Waals surface area contributed by atoms with Crippen molar-refractivity contribution in [3.63, 3.8) is 0 Å². The number of carbonyl (C=O) groups excluding carboxylic acids is 1. The Morgan fingerprint density at radius 1 is 1.29 bits per heavy atom. The fourth-order valence-corrected chi connectivity index (χ4v) is 1.68. The summed E-state index contributed by atoms with van der Waals surface area (Å²) in [6.45, 7) is 5.33. The van der Waals surface area contributed by atoms with Gasteiger partial charge in [0.25, 0.3) is 0 Å². The molecule has 1 atom stereocenters. The molecule has 1 unspecified atom stereocenters. The van der Waals surface area contributed by atoms with Gasteiger partial charge in [-0.05, 0) is 23.6 Å². The van der Waals surface area contributed by atoms with Crippen LogP contribution in [0.2, 0.25) is 0 Å². The molecule has 0 spiro atoms. The van der Waals surface area contributed by atoms with E-state index in [9.17, 15) is 4.79 Å². The molecule has 0 bridgehead atoms. The highest BCUT2D eigenvalue weighted by Gasteiger charge is 2.11. The quantitative estimate of drug-likeness (QED) is 0.716. The van der Waals surface area contributed by atoms with Crippen LogP contribution in [0.1, 0.15) is 25.3 Å². The lowest BCUT2D eigenvalue weighted by atomic mass is 10.0. The van der Waals surface area contributed by atoms with Crippen molar-refractivity contribution in [3.05, 3.63) is 29.8 Å². The topological polar surface area (TPSA) is 73.6 Å². The number of nitrogens with two attached hydrogens (primary N) is 1. The third kappa shape index (κ3) is 7.32. The number of amides is 1. The summed E-state index contributed by atoms with van der Waals surface area (Å²) >= 11 is 0. The lowest BCUT2D eigenvalue weighted by molar-refractivity contribution is -0.123. The molecule has 21 heavy (non-hydrogen) atoms. The van der Waals surface area contributed by atoms with E-state index in [1.165, 1.54) is 12.7 Å². The number of hydrogen-bond acceptors (Lipinski definition) is 4. The number of methoxy groups -OCH3 is 1. The SMILES string of the molecule is COCC(N)C(=O)NCCOc1ccc(C(C)C)cc1.Cl. The van der Waals surface area contributed by atoms with Crippen LogP contribution < -0.4 is 15.8 Å². The van der Waals surface area contributed by atoms with Gasteiger partial charge in [-0.25, -0.2) is 0 Å². The largest absolute Gasteiger partial charge is 0.492 e. The van der Waals surface area contributed by atoms with Crippen LogP contribution in [-0.4, -0.2) is 38.8 Å². The van der Waals surface area contributed by atoms with Gasteiger partial charge < -0.3 is 20.5 Å². The number of carbonyl (C=O) groups is 1. The molecule has 120 valence electrons. The van der Waals surface area contributed by atoms with Gasteiger partial charge in [-0.1, -0.05) is 26.0 Å². The molecule has 0 aliphatic heterocycles. The molecule has 1 amide bonds. The lowest BCUT2D eigenvalue weighted by Crippen LogP contribution is -2.44. The van der Waals surface area contributed by atoms with Crippen molar-refractivity contribution in [1.29, 1.82) is 0 Å². The molecule has 0 heterocycles. The van der Waals surface area contributed by atoms with Crippen molar-refractivity contribution in [2.45, 2.75) is 25.8 Å². The molecule has 0 aliphatic rings. The van der Waals surface area contributed by atoms with Gasteiger partial charge in [0.2, 0.25) is 5.91 Å².